The fourth-order valence-corrected chi connectivity index (χ4v) is 3.05. The molecule has 0 radical (unpaired) electrons. The van der Waals surface area contributed by atoms with Gasteiger partial charge >= 0.3 is 0 Å². The van der Waals surface area contributed by atoms with Crippen LogP contribution in [-0.4, -0.2) is 36.5 Å². The first-order valence-corrected chi connectivity index (χ1v) is 9.70. The quantitative estimate of drug-likeness (QED) is 0.233. The molecule has 0 aromatic rings. The maximum absolute atomic E-state index is 3.59. The monoisotopic (exact) mass is 413 g/mol. The number of hydrogen-bond donors (Lipinski definition) is 0. The van der Waals surface area contributed by atoms with Gasteiger partial charge in [-0.3, -0.25) is 0 Å². The molecular formula is C17H37Br2N. The van der Waals surface area contributed by atoms with Crippen LogP contribution in [-0.2, 0) is 0 Å². The summed E-state index contributed by atoms with van der Waals surface area (Å²) in [5, 5.41) is 1.16. The molecule has 1 atom stereocenters. The van der Waals surface area contributed by atoms with Crippen molar-refractivity contribution in [2.75, 3.05) is 32.0 Å². The third-order valence-electron chi connectivity index (χ3n) is 4.18. The van der Waals surface area contributed by atoms with Gasteiger partial charge in [-0.15, -0.1) is 0 Å². The van der Waals surface area contributed by atoms with Crippen LogP contribution < -0.4 is 17.0 Å². The zero-order chi connectivity index (χ0) is 14.4. The van der Waals surface area contributed by atoms with Gasteiger partial charge in [0, 0.05) is 11.8 Å². The summed E-state index contributed by atoms with van der Waals surface area (Å²) in [6.07, 6.45) is 14.0. The summed E-state index contributed by atoms with van der Waals surface area (Å²) >= 11 is 3.59. The molecule has 0 amide bonds. The first-order chi connectivity index (χ1) is 9.18. The van der Waals surface area contributed by atoms with Crippen LogP contribution in [0, 0.1) is 0 Å². The molecule has 3 heteroatoms. The smallest absolute Gasteiger partial charge is 0.0792 e. The molecule has 124 valence electrons. The van der Waals surface area contributed by atoms with E-state index in [1.165, 1.54) is 88.3 Å². The molecule has 1 unspecified atom stereocenters. The molecule has 0 aliphatic rings. The third-order valence-corrected chi connectivity index (χ3v) is 4.75. The lowest BCUT2D eigenvalue weighted by molar-refractivity contribution is -0.910. The van der Waals surface area contributed by atoms with E-state index in [-0.39, 0.29) is 17.0 Å². The highest BCUT2D eigenvalue weighted by atomic mass is 79.9. The van der Waals surface area contributed by atoms with Gasteiger partial charge in [-0.1, -0.05) is 61.9 Å². The van der Waals surface area contributed by atoms with Crippen molar-refractivity contribution in [2.24, 2.45) is 0 Å². The fraction of sp³-hybridized carbons (Fsp3) is 1.00. The molecule has 0 fully saturated rings. The lowest BCUT2D eigenvalue weighted by Crippen LogP contribution is -3.00. The molecule has 0 saturated heterocycles. The van der Waals surface area contributed by atoms with Gasteiger partial charge in [0.05, 0.1) is 26.7 Å². The Morgan fingerprint density at radius 1 is 0.650 bits per heavy atom. The second-order valence-corrected chi connectivity index (χ2v) is 7.10. The Morgan fingerprint density at radius 2 is 1.05 bits per heavy atom. The second kappa shape index (κ2) is 16.3. The zero-order valence-electron chi connectivity index (χ0n) is 14.1. The van der Waals surface area contributed by atoms with Crippen LogP contribution in [0.3, 0.4) is 0 Å². The summed E-state index contributed by atoms with van der Waals surface area (Å²) in [5.41, 5.74) is 0. The summed E-state index contributed by atoms with van der Waals surface area (Å²) < 4.78 is 1.31. The molecule has 1 nitrogen and oxygen atoms in total. The number of hydrogen-bond acceptors (Lipinski definition) is 0. The Balaban J connectivity index is 0. The molecule has 0 aromatic heterocycles. The van der Waals surface area contributed by atoms with Crippen LogP contribution >= 0.6 is 15.9 Å². The Kier molecular flexibility index (Phi) is 18.9. The van der Waals surface area contributed by atoms with Gasteiger partial charge in [0.25, 0.3) is 0 Å². The lowest BCUT2D eigenvalue weighted by Gasteiger charge is -2.35. The van der Waals surface area contributed by atoms with Gasteiger partial charge in [-0.05, 0) is 25.7 Å². The highest BCUT2D eigenvalue weighted by molar-refractivity contribution is 9.09. The van der Waals surface area contributed by atoms with Crippen molar-refractivity contribution in [2.45, 2.75) is 78.1 Å². The van der Waals surface area contributed by atoms with E-state index < -0.39 is 0 Å². The first kappa shape index (κ1) is 23.2. The predicted molar refractivity (Wildman–Crippen MR) is 92.1 cm³/mol. The molecule has 0 rings (SSSR count). The standard InChI is InChI=1S/C17H37BrN.BrH/c1-4-6-8-10-12-16-19(3,17-13-14-18)15-11-9-7-5-2;/h4-17H2,1-3H3;1H/q+1;/p-1. The fourth-order valence-electron chi connectivity index (χ4n) is 2.79. The summed E-state index contributed by atoms with van der Waals surface area (Å²) in [7, 11) is 2.48. The van der Waals surface area contributed by atoms with Gasteiger partial charge in [-0.2, -0.15) is 0 Å². The Labute approximate surface area is 147 Å². The molecule has 0 aromatic carbocycles. The van der Waals surface area contributed by atoms with E-state index in [0.29, 0.717) is 0 Å². The van der Waals surface area contributed by atoms with Crippen molar-refractivity contribution in [1.29, 1.82) is 0 Å². The van der Waals surface area contributed by atoms with E-state index in [4.69, 9.17) is 0 Å². The van der Waals surface area contributed by atoms with E-state index >= 15 is 0 Å². The first-order valence-electron chi connectivity index (χ1n) is 8.58. The largest absolute Gasteiger partial charge is 1.00 e. The van der Waals surface area contributed by atoms with Gasteiger partial charge in [-0.25, -0.2) is 0 Å². The van der Waals surface area contributed by atoms with E-state index in [0.717, 1.165) is 5.33 Å². The minimum atomic E-state index is 0. The van der Waals surface area contributed by atoms with Crippen molar-refractivity contribution < 1.29 is 21.5 Å². The van der Waals surface area contributed by atoms with Crippen molar-refractivity contribution in [1.82, 2.24) is 0 Å². The van der Waals surface area contributed by atoms with Gasteiger partial charge < -0.3 is 21.5 Å². The summed E-state index contributed by atoms with van der Waals surface area (Å²) in [5.74, 6) is 0. The highest BCUT2D eigenvalue weighted by Gasteiger charge is 2.19. The summed E-state index contributed by atoms with van der Waals surface area (Å²) in [6.45, 7) is 8.73. The van der Waals surface area contributed by atoms with Crippen LogP contribution in [0.25, 0.3) is 0 Å². The number of alkyl halides is 1. The van der Waals surface area contributed by atoms with E-state index in [1.54, 1.807) is 0 Å². The van der Waals surface area contributed by atoms with Crippen LogP contribution in [0.5, 0.6) is 0 Å². The Bertz CT molecular complexity index is 188. The third kappa shape index (κ3) is 13.9. The van der Waals surface area contributed by atoms with E-state index in [1.807, 2.05) is 0 Å². The molecule has 0 N–H and O–H groups in total. The maximum atomic E-state index is 3.59. The minimum absolute atomic E-state index is 0. The molecule has 0 saturated carbocycles. The van der Waals surface area contributed by atoms with Crippen molar-refractivity contribution in [3.05, 3.63) is 0 Å². The predicted octanol–water partition coefficient (Wildman–Crippen LogP) is 2.77. The number of unbranched alkanes of at least 4 members (excludes halogenated alkanes) is 7. The molecule has 0 bridgehead atoms. The van der Waals surface area contributed by atoms with Crippen LogP contribution in [0.15, 0.2) is 0 Å². The van der Waals surface area contributed by atoms with Crippen LogP contribution in [0.1, 0.15) is 78.1 Å². The van der Waals surface area contributed by atoms with Gasteiger partial charge in [0.1, 0.15) is 0 Å². The molecule has 0 spiro atoms. The average molecular weight is 415 g/mol. The molecule has 0 aliphatic heterocycles. The van der Waals surface area contributed by atoms with Crippen molar-refractivity contribution in [3.63, 3.8) is 0 Å². The van der Waals surface area contributed by atoms with E-state index in [9.17, 15) is 0 Å². The van der Waals surface area contributed by atoms with Gasteiger partial charge in [0.2, 0.25) is 0 Å². The molecule has 0 heterocycles. The van der Waals surface area contributed by atoms with Crippen molar-refractivity contribution in [3.8, 4) is 0 Å². The van der Waals surface area contributed by atoms with Crippen LogP contribution in [0.2, 0.25) is 0 Å². The molecule has 20 heavy (non-hydrogen) atoms. The van der Waals surface area contributed by atoms with E-state index in [2.05, 4.69) is 36.8 Å². The van der Waals surface area contributed by atoms with Crippen molar-refractivity contribution >= 4 is 15.9 Å². The van der Waals surface area contributed by atoms with Crippen LogP contribution in [0.4, 0.5) is 0 Å². The second-order valence-electron chi connectivity index (χ2n) is 6.31. The SMILES string of the molecule is CCCCCCC[N+](C)(CCCBr)CCCCCC.[Br-]. The minimum Gasteiger partial charge on any atom is -1.00 e. The molecule has 0 aliphatic carbocycles. The average Bonchev–Trinajstić information content (AvgIpc) is 2.41. The Morgan fingerprint density at radius 3 is 1.50 bits per heavy atom. The topological polar surface area (TPSA) is 0 Å². The number of nitrogens with zero attached hydrogens (tertiary/aromatic N) is 1. The number of halogens is 2. The molecular weight excluding hydrogens is 378 g/mol. The number of rotatable bonds is 14. The van der Waals surface area contributed by atoms with Gasteiger partial charge in [0.15, 0.2) is 0 Å². The normalized spacial score (nSPS) is 13.8. The summed E-state index contributed by atoms with van der Waals surface area (Å²) in [4.78, 5) is 0. The lowest BCUT2D eigenvalue weighted by atomic mass is 10.1. The highest BCUT2D eigenvalue weighted by Crippen LogP contribution is 2.13. The summed E-state index contributed by atoms with van der Waals surface area (Å²) in [6, 6.07) is 0. The Hall–Kier alpha value is 0.920. The zero-order valence-corrected chi connectivity index (χ0v) is 17.3. The maximum Gasteiger partial charge on any atom is 0.0792 e. The number of quaternary nitrogens is 1.